The van der Waals surface area contributed by atoms with Crippen molar-refractivity contribution in [2.24, 2.45) is 11.7 Å². The van der Waals surface area contributed by atoms with Crippen LogP contribution in [0.15, 0.2) is 18.2 Å². The normalized spacial score (nSPS) is 22.6. The third-order valence-electron chi connectivity index (χ3n) is 4.34. The van der Waals surface area contributed by atoms with Crippen molar-refractivity contribution in [1.82, 2.24) is 4.90 Å². The highest BCUT2D eigenvalue weighted by Gasteiger charge is 2.31. The molecule has 0 bridgehead atoms. The minimum Gasteiger partial charge on any atom is -0.338 e. The van der Waals surface area contributed by atoms with Crippen molar-refractivity contribution < 1.29 is 9.18 Å². The summed E-state index contributed by atoms with van der Waals surface area (Å²) in [7, 11) is 1.77. The number of amides is 1. The lowest BCUT2D eigenvalue weighted by Gasteiger charge is -2.37. The molecule has 1 fully saturated rings. The maximum atomic E-state index is 13.9. The van der Waals surface area contributed by atoms with Gasteiger partial charge in [0.25, 0.3) is 5.91 Å². The Morgan fingerprint density at radius 3 is 2.80 bits per heavy atom. The average Bonchev–Trinajstić information content (AvgIpc) is 2.48. The smallest absolute Gasteiger partial charge is 0.256 e. The highest BCUT2D eigenvalue weighted by Crippen LogP contribution is 2.28. The van der Waals surface area contributed by atoms with Crippen LogP contribution in [0.5, 0.6) is 0 Å². The second-order valence-electron chi connectivity index (χ2n) is 5.75. The Labute approximate surface area is 120 Å². The lowest BCUT2D eigenvalue weighted by molar-refractivity contribution is 0.0615. The molecule has 2 unspecified atom stereocenters. The predicted molar refractivity (Wildman–Crippen MR) is 78.0 cm³/mol. The number of carbonyl (C=O) groups is 1. The molecule has 1 amide bonds. The van der Waals surface area contributed by atoms with Crippen LogP contribution in [0.25, 0.3) is 0 Å². The first-order chi connectivity index (χ1) is 9.54. The van der Waals surface area contributed by atoms with E-state index >= 15 is 0 Å². The number of aryl methyl sites for hydroxylation is 1. The zero-order valence-corrected chi connectivity index (χ0v) is 12.2. The summed E-state index contributed by atoms with van der Waals surface area (Å²) in [5, 5.41) is 0. The zero-order chi connectivity index (χ0) is 14.7. The van der Waals surface area contributed by atoms with Crippen molar-refractivity contribution in [1.29, 1.82) is 0 Å². The van der Waals surface area contributed by atoms with Gasteiger partial charge in [-0.2, -0.15) is 0 Å². The maximum absolute atomic E-state index is 13.9. The van der Waals surface area contributed by atoms with Gasteiger partial charge in [0.05, 0.1) is 5.56 Å². The highest BCUT2D eigenvalue weighted by atomic mass is 19.1. The first-order valence-electron chi connectivity index (χ1n) is 7.28. The standard InChI is InChI=1S/C16H23FN2O/c1-11-7-8-14(17)13(9-11)16(20)19(2)15-6-4-3-5-12(15)10-18/h7-9,12,15H,3-6,10,18H2,1-2H3. The van der Waals surface area contributed by atoms with E-state index in [1.54, 1.807) is 24.1 Å². The molecule has 0 aliphatic heterocycles. The molecule has 1 aliphatic carbocycles. The number of halogens is 1. The summed E-state index contributed by atoms with van der Waals surface area (Å²) in [6.07, 6.45) is 4.28. The molecule has 0 heterocycles. The number of nitrogens with two attached hydrogens (primary N) is 1. The Morgan fingerprint density at radius 1 is 1.40 bits per heavy atom. The third kappa shape index (κ3) is 3.01. The zero-order valence-electron chi connectivity index (χ0n) is 12.2. The molecule has 2 N–H and O–H groups in total. The monoisotopic (exact) mass is 278 g/mol. The van der Waals surface area contributed by atoms with E-state index in [0.29, 0.717) is 12.5 Å². The molecule has 20 heavy (non-hydrogen) atoms. The van der Waals surface area contributed by atoms with E-state index in [4.69, 9.17) is 5.73 Å². The minimum absolute atomic E-state index is 0.126. The lowest BCUT2D eigenvalue weighted by Crippen LogP contribution is -2.46. The summed E-state index contributed by atoms with van der Waals surface area (Å²) >= 11 is 0. The van der Waals surface area contributed by atoms with Gasteiger partial charge in [-0.3, -0.25) is 4.79 Å². The van der Waals surface area contributed by atoms with Crippen LogP contribution in [0.2, 0.25) is 0 Å². The molecule has 1 aliphatic rings. The van der Waals surface area contributed by atoms with Crippen molar-refractivity contribution in [3.05, 3.63) is 35.1 Å². The number of carbonyl (C=O) groups excluding carboxylic acids is 1. The molecule has 0 saturated heterocycles. The summed E-state index contributed by atoms with van der Waals surface area (Å²) in [6.45, 7) is 2.44. The van der Waals surface area contributed by atoms with Crippen molar-refractivity contribution >= 4 is 5.91 Å². The Balaban J connectivity index is 2.21. The van der Waals surface area contributed by atoms with Crippen LogP contribution in [0.3, 0.4) is 0 Å². The summed E-state index contributed by atoms with van der Waals surface area (Å²) in [5.41, 5.74) is 6.86. The summed E-state index contributed by atoms with van der Waals surface area (Å²) in [6, 6.07) is 4.78. The fourth-order valence-corrected chi connectivity index (χ4v) is 3.12. The first-order valence-corrected chi connectivity index (χ1v) is 7.28. The fourth-order valence-electron chi connectivity index (χ4n) is 3.12. The summed E-state index contributed by atoms with van der Waals surface area (Å²) < 4.78 is 13.9. The molecule has 2 atom stereocenters. The minimum atomic E-state index is -0.451. The van der Waals surface area contributed by atoms with Crippen LogP contribution < -0.4 is 5.73 Å². The Bertz CT molecular complexity index is 489. The van der Waals surface area contributed by atoms with Crippen LogP contribution in [0.1, 0.15) is 41.6 Å². The number of hydrogen-bond acceptors (Lipinski definition) is 2. The molecule has 2 rings (SSSR count). The highest BCUT2D eigenvalue weighted by molar-refractivity contribution is 5.94. The van der Waals surface area contributed by atoms with Gasteiger partial charge in [-0.25, -0.2) is 4.39 Å². The van der Waals surface area contributed by atoms with Gasteiger partial charge in [-0.1, -0.05) is 24.5 Å². The van der Waals surface area contributed by atoms with Gasteiger partial charge in [-0.05, 0) is 44.4 Å². The van der Waals surface area contributed by atoms with E-state index in [9.17, 15) is 9.18 Å². The fraction of sp³-hybridized carbons (Fsp3) is 0.562. The predicted octanol–water partition coefficient (Wildman–Crippen LogP) is 2.72. The second-order valence-corrected chi connectivity index (χ2v) is 5.75. The topological polar surface area (TPSA) is 46.3 Å². The molecule has 0 spiro atoms. The van der Waals surface area contributed by atoms with Crippen molar-refractivity contribution in [2.75, 3.05) is 13.6 Å². The second kappa shape index (κ2) is 6.35. The van der Waals surface area contributed by atoms with Crippen molar-refractivity contribution in [2.45, 2.75) is 38.6 Å². The lowest BCUT2D eigenvalue weighted by atomic mass is 9.83. The van der Waals surface area contributed by atoms with Crippen molar-refractivity contribution in [3.63, 3.8) is 0 Å². The van der Waals surface area contributed by atoms with Gasteiger partial charge >= 0.3 is 0 Å². The Kier molecular flexibility index (Phi) is 4.76. The molecule has 110 valence electrons. The number of hydrogen-bond donors (Lipinski definition) is 1. The molecule has 0 aromatic heterocycles. The quantitative estimate of drug-likeness (QED) is 0.924. The van der Waals surface area contributed by atoms with Crippen LogP contribution in [-0.4, -0.2) is 30.4 Å². The molecule has 3 nitrogen and oxygen atoms in total. The molecule has 0 radical (unpaired) electrons. The molecular formula is C16H23FN2O. The molecular weight excluding hydrogens is 255 g/mol. The van der Waals surface area contributed by atoms with Crippen LogP contribution in [0, 0.1) is 18.7 Å². The SMILES string of the molecule is Cc1ccc(F)c(C(=O)N(C)C2CCCCC2CN)c1. The van der Waals surface area contributed by atoms with Gasteiger partial charge in [-0.15, -0.1) is 0 Å². The number of nitrogens with zero attached hydrogens (tertiary/aromatic N) is 1. The Hall–Kier alpha value is -1.42. The van der Waals surface area contributed by atoms with E-state index in [-0.39, 0.29) is 17.5 Å². The average molecular weight is 278 g/mol. The van der Waals surface area contributed by atoms with Gasteiger partial charge in [0.2, 0.25) is 0 Å². The summed E-state index contributed by atoms with van der Waals surface area (Å²) in [4.78, 5) is 14.2. The van der Waals surface area contributed by atoms with Gasteiger partial charge in [0, 0.05) is 13.1 Å². The van der Waals surface area contributed by atoms with Gasteiger partial charge in [0.15, 0.2) is 0 Å². The molecule has 1 aromatic rings. The van der Waals surface area contributed by atoms with E-state index in [2.05, 4.69) is 0 Å². The van der Waals surface area contributed by atoms with E-state index in [1.165, 1.54) is 12.5 Å². The van der Waals surface area contributed by atoms with Crippen LogP contribution in [-0.2, 0) is 0 Å². The third-order valence-corrected chi connectivity index (χ3v) is 4.34. The maximum Gasteiger partial charge on any atom is 0.256 e. The van der Waals surface area contributed by atoms with E-state index in [1.807, 2.05) is 6.92 Å². The van der Waals surface area contributed by atoms with E-state index in [0.717, 1.165) is 24.8 Å². The summed E-state index contributed by atoms with van der Waals surface area (Å²) in [5.74, 6) is -0.366. The molecule has 1 saturated carbocycles. The number of rotatable bonds is 3. The Morgan fingerprint density at radius 2 is 2.10 bits per heavy atom. The largest absolute Gasteiger partial charge is 0.338 e. The number of benzene rings is 1. The van der Waals surface area contributed by atoms with Crippen LogP contribution >= 0.6 is 0 Å². The van der Waals surface area contributed by atoms with Gasteiger partial charge < -0.3 is 10.6 Å². The van der Waals surface area contributed by atoms with E-state index < -0.39 is 5.82 Å². The van der Waals surface area contributed by atoms with Crippen molar-refractivity contribution in [3.8, 4) is 0 Å². The molecule has 1 aromatic carbocycles. The van der Waals surface area contributed by atoms with Crippen LogP contribution in [0.4, 0.5) is 4.39 Å². The van der Waals surface area contributed by atoms with Gasteiger partial charge in [0.1, 0.15) is 5.82 Å². The molecule has 4 heteroatoms. The first kappa shape index (κ1) is 15.0.